The predicted molar refractivity (Wildman–Crippen MR) is 60.0 cm³/mol. The highest BCUT2D eigenvalue weighted by Crippen LogP contribution is 2.26. The fraction of sp³-hybridized carbons (Fsp3) is 0.250. The van der Waals surface area contributed by atoms with Crippen LogP contribution in [-0.2, 0) is 9.53 Å². The van der Waals surface area contributed by atoms with E-state index >= 15 is 0 Å². The molecular weight excluding hydrogens is 206 g/mol. The highest BCUT2D eigenvalue weighted by atomic mass is 16.5. The molecule has 2 rings (SSSR count). The molecule has 4 heteroatoms. The Hall–Kier alpha value is -1.81. The van der Waals surface area contributed by atoms with Crippen molar-refractivity contribution in [3.8, 4) is 0 Å². The van der Waals surface area contributed by atoms with Crippen LogP contribution in [0.5, 0.6) is 0 Å². The Morgan fingerprint density at radius 3 is 2.88 bits per heavy atom. The maximum Gasteiger partial charge on any atom is 0.327 e. The molecule has 84 valence electrons. The third-order valence-electron chi connectivity index (χ3n) is 2.55. The number of likely N-dealkylation sites (N-methyl/N-ethyl adjacent to an activating group) is 1. The maximum absolute atomic E-state index is 11.6. The van der Waals surface area contributed by atoms with E-state index in [0.717, 1.165) is 16.5 Å². The van der Waals surface area contributed by atoms with Crippen LogP contribution in [0.25, 0.3) is 11.0 Å². The summed E-state index contributed by atoms with van der Waals surface area (Å²) >= 11 is 0. The summed E-state index contributed by atoms with van der Waals surface area (Å²) in [5.41, 5.74) is 1.56. The molecule has 2 aromatic rings. The molecule has 0 saturated heterocycles. The van der Waals surface area contributed by atoms with E-state index in [2.05, 4.69) is 5.32 Å². The molecule has 0 radical (unpaired) electrons. The van der Waals surface area contributed by atoms with Crippen LogP contribution in [0.3, 0.4) is 0 Å². The quantitative estimate of drug-likeness (QED) is 0.800. The molecule has 0 amide bonds. The zero-order valence-electron chi connectivity index (χ0n) is 9.19. The van der Waals surface area contributed by atoms with Gasteiger partial charge in [0.2, 0.25) is 0 Å². The zero-order chi connectivity index (χ0) is 11.5. The smallest absolute Gasteiger partial charge is 0.327 e. The molecular formula is C12H13NO3. The topological polar surface area (TPSA) is 51.5 Å². The fourth-order valence-corrected chi connectivity index (χ4v) is 1.74. The number of esters is 1. The highest BCUT2D eigenvalue weighted by molar-refractivity contribution is 5.88. The number of ether oxygens (including phenoxy) is 1. The molecule has 0 bridgehead atoms. The lowest BCUT2D eigenvalue weighted by molar-refractivity contribution is -0.143. The monoisotopic (exact) mass is 219 g/mol. The second kappa shape index (κ2) is 4.37. The van der Waals surface area contributed by atoms with Crippen LogP contribution in [0, 0.1) is 0 Å². The summed E-state index contributed by atoms with van der Waals surface area (Å²) in [6.45, 7) is 0. The number of para-hydroxylation sites is 1. The van der Waals surface area contributed by atoms with E-state index in [9.17, 15) is 4.79 Å². The van der Waals surface area contributed by atoms with Crippen molar-refractivity contribution in [1.82, 2.24) is 5.32 Å². The van der Waals surface area contributed by atoms with E-state index in [1.54, 1.807) is 13.3 Å². The first kappa shape index (κ1) is 10.7. The van der Waals surface area contributed by atoms with Gasteiger partial charge in [0, 0.05) is 10.9 Å². The molecule has 0 aliphatic heterocycles. The molecule has 16 heavy (non-hydrogen) atoms. The Bertz CT molecular complexity index is 504. The number of fused-ring (bicyclic) bond motifs is 1. The number of carbonyl (C=O) groups is 1. The lowest BCUT2D eigenvalue weighted by Crippen LogP contribution is -2.26. The van der Waals surface area contributed by atoms with Crippen molar-refractivity contribution in [2.45, 2.75) is 6.04 Å². The summed E-state index contributed by atoms with van der Waals surface area (Å²) in [4.78, 5) is 11.6. The standard InChI is InChI=1S/C12H13NO3/c1-13-11(12(14)15-2)9-7-16-10-6-4-3-5-8(9)10/h3-7,11,13H,1-2H3. The minimum Gasteiger partial charge on any atom is -0.468 e. The SMILES string of the molecule is CNC(C(=O)OC)c1coc2ccccc12. The van der Waals surface area contributed by atoms with E-state index < -0.39 is 6.04 Å². The van der Waals surface area contributed by atoms with E-state index in [-0.39, 0.29) is 5.97 Å². The number of nitrogens with one attached hydrogen (secondary N) is 1. The predicted octanol–water partition coefficient (Wildman–Crippen LogP) is 1.87. The van der Waals surface area contributed by atoms with E-state index in [4.69, 9.17) is 9.15 Å². The first-order valence-corrected chi connectivity index (χ1v) is 4.99. The van der Waals surface area contributed by atoms with Gasteiger partial charge in [-0.1, -0.05) is 18.2 Å². The molecule has 0 spiro atoms. The molecule has 1 aromatic heterocycles. The Balaban J connectivity index is 2.49. The average molecular weight is 219 g/mol. The number of hydrogen-bond acceptors (Lipinski definition) is 4. The van der Waals surface area contributed by atoms with Crippen molar-refractivity contribution in [3.05, 3.63) is 36.1 Å². The van der Waals surface area contributed by atoms with Gasteiger partial charge >= 0.3 is 5.97 Å². The van der Waals surface area contributed by atoms with Gasteiger partial charge in [0.1, 0.15) is 11.6 Å². The van der Waals surface area contributed by atoms with Gasteiger partial charge in [0.15, 0.2) is 0 Å². The van der Waals surface area contributed by atoms with Gasteiger partial charge in [-0.05, 0) is 13.1 Å². The van der Waals surface area contributed by atoms with Crippen LogP contribution >= 0.6 is 0 Å². The Morgan fingerprint density at radius 1 is 1.44 bits per heavy atom. The van der Waals surface area contributed by atoms with Crippen LogP contribution in [-0.4, -0.2) is 20.1 Å². The number of furan rings is 1. The average Bonchev–Trinajstić information content (AvgIpc) is 2.74. The minimum absolute atomic E-state index is 0.325. The number of benzene rings is 1. The normalized spacial score (nSPS) is 12.6. The Kier molecular flexibility index (Phi) is 2.92. The Labute approximate surface area is 93.2 Å². The van der Waals surface area contributed by atoms with Crippen LogP contribution < -0.4 is 5.32 Å². The largest absolute Gasteiger partial charge is 0.468 e. The van der Waals surface area contributed by atoms with E-state index in [1.165, 1.54) is 7.11 Å². The summed E-state index contributed by atoms with van der Waals surface area (Å²) in [6.07, 6.45) is 1.59. The molecule has 1 atom stereocenters. The third-order valence-corrected chi connectivity index (χ3v) is 2.55. The molecule has 1 unspecified atom stereocenters. The van der Waals surface area contributed by atoms with Gasteiger partial charge in [-0.2, -0.15) is 0 Å². The zero-order valence-corrected chi connectivity index (χ0v) is 9.19. The van der Waals surface area contributed by atoms with Crippen molar-refractivity contribution in [2.75, 3.05) is 14.2 Å². The molecule has 1 heterocycles. The van der Waals surface area contributed by atoms with Crippen molar-refractivity contribution >= 4 is 16.9 Å². The summed E-state index contributed by atoms with van der Waals surface area (Å²) < 4.78 is 10.1. The minimum atomic E-state index is -0.492. The molecule has 1 aromatic carbocycles. The van der Waals surface area contributed by atoms with Gasteiger partial charge < -0.3 is 14.5 Å². The molecule has 0 aliphatic carbocycles. The summed E-state index contributed by atoms with van der Waals surface area (Å²) in [5, 5.41) is 3.84. The second-order valence-corrected chi connectivity index (χ2v) is 3.43. The summed E-state index contributed by atoms with van der Waals surface area (Å²) in [5.74, 6) is -0.325. The van der Waals surface area contributed by atoms with Gasteiger partial charge in [-0.25, -0.2) is 4.79 Å². The van der Waals surface area contributed by atoms with Crippen LogP contribution in [0.2, 0.25) is 0 Å². The van der Waals surface area contributed by atoms with E-state index in [1.807, 2.05) is 24.3 Å². The number of rotatable bonds is 3. The lowest BCUT2D eigenvalue weighted by atomic mass is 10.1. The van der Waals surface area contributed by atoms with Crippen LogP contribution in [0.1, 0.15) is 11.6 Å². The van der Waals surface area contributed by atoms with Gasteiger partial charge in [-0.3, -0.25) is 0 Å². The fourth-order valence-electron chi connectivity index (χ4n) is 1.74. The van der Waals surface area contributed by atoms with Gasteiger partial charge in [0.05, 0.1) is 13.4 Å². The number of hydrogen-bond donors (Lipinski definition) is 1. The summed E-state index contributed by atoms with van der Waals surface area (Å²) in [7, 11) is 3.08. The van der Waals surface area contributed by atoms with Crippen molar-refractivity contribution in [2.24, 2.45) is 0 Å². The van der Waals surface area contributed by atoms with Crippen LogP contribution in [0.4, 0.5) is 0 Å². The van der Waals surface area contributed by atoms with Crippen molar-refractivity contribution in [1.29, 1.82) is 0 Å². The molecule has 0 saturated carbocycles. The van der Waals surface area contributed by atoms with E-state index in [0.29, 0.717) is 0 Å². The molecule has 1 N–H and O–H groups in total. The molecule has 4 nitrogen and oxygen atoms in total. The maximum atomic E-state index is 11.6. The third kappa shape index (κ3) is 1.67. The summed E-state index contributed by atoms with van der Waals surface area (Å²) in [6, 6.07) is 7.09. The highest BCUT2D eigenvalue weighted by Gasteiger charge is 2.23. The second-order valence-electron chi connectivity index (χ2n) is 3.43. The molecule has 0 aliphatic rings. The van der Waals surface area contributed by atoms with Crippen molar-refractivity contribution < 1.29 is 13.9 Å². The van der Waals surface area contributed by atoms with Crippen molar-refractivity contribution in [3.63, 3.8) is 0 Å². The first-order valence-electron chi connectivity index (χ1n) is 4.99. The first-order chi connectivity index (χ1) is 7.77. The Morgan fingerprint density at radius 2 is 2.19 bits per heavy atom. The van der Waals surface area contributed by atoms with Gasteiger partial charge in [-0.15, -0.1) is 0 Å². The lowest BCUT2D eigenvalue weighted by Gasteiger charge is -2.11. The van der Waals surface area contributed by atoms with Crippen LogP contribution in [0.15, 0.2) is 34.9 Å². The van der Waals surface area contributed by atoms with Gasteiger partial charge in [0.25, 0.3) is 0 Å². The number of carbonyl (C=O) groups excluding carboxylic acids is 1. The molecule has 0 fully saturated rings. The number of methoxy groups -OCH3 is 1.